The average molecular weight is 497 g/mol. The first-order valence-corrected chi connectivity index (χ1v) is 11.0. The van der Waals surface area contributed by atoms with Crippen molar-refractivity contribution in [2.45, 2.75) is 12.8 Å². The fourth-order valence-electron chi connectivity index (χ4n) is 3.35. The van der Waals surface area contributed by atoms with E-state index in [0.29, 0.717) is 44.8 Å². The second-order valence-electron chi connectivity index (χ2n) is 7.39. The summed E-state index contributed by atoms with van der Waals surface area (Å²) in [6.07, 6.45) is -0.125. The molecule has 0 aliphatic carbocycles. The maximum Gasteiger partial charge on any atom is 0.255 e. The zero-order chi connectivity index (χ0) is 25.4. The Hall–Kier alpha value is -4.04. The van der Waals surface area contributed by atoms with Gasteiger partial charge >= 0.3 is 0 Å². The number of ketones is 1. The smallest absolute Gasteiger partial charge is 0.255 e. The van der Waals surface area contributed by atoms with Crippen LogP contribution in [0.5, 0.6) is 17.2 Å². The molecule has 0 radical (unpaired) electrons. The number of amides is 2. The summed E-state index contributed by atoms with van der Waals surface area (Å²) in [6, 6.07) is 16.5. The van der Waals surface area contributed by atoms with Gasteiger partial charge in [0, 0.05) is 35.6 Å². The lowest BCUT2D eigenvalue weighted by atomic mass is 10.1. The molecule has 3 aromatic rings. The third kappa shape index (κ3) is 6.51. The van der Waals surface area contributed by atoms with Crippen molar-refractivity contribution in [2.24, 2.45) is 0 Å². The van der Waals surface area contributed by atoms with Gasteiger partial charge in [-0.05, 0) is 30.3 Å². The second-order valence-corrected chi connectivity index (χ2v) is 7.83. The Kier molecular flexibility index (Phi) is 8.69. The third-order valence-electron chi connectivity index (χ3n) is 5.12. The summed E-state index contributed by atoms with van der Waals surface area (Å²) >= 11 is 5.99. The Bertz CT molecular complexity index is 1230. The molecule has 0 saturated carbocycles. The van der Waals surface area contributed by atoms with Crippen LogP contribution in [0.15, 0.2) is 60.7 Å². The van der Waals surface area contributed by atoms with Gasteiger partial charge in [-0.2, -0.15) is 0 Å². The van der Waals surface area contributed by atoms with E-state index in [1.807, 2.05) is 6.07 Å². The summed E-state index contributed by atoms with van der Waals surface area (Å²) in [4.78, 5) is 37.8. The molecule has 0 unspecified atom stereocenters. The molecule has 2 N–H and O–H groups in total. The average Bonchev–Trinajstić information content (AvgIpc) is 2.88. The molecule has 35 heavy (non-hydrogen) atoms. The first-order chi connectivity index (χ1) is 16.9. The summed E-state index contributed by atoms with van der Waals surface area (Å²) in [5, 5.41) is 5.91. The molecule has 3 rings (SSSR count). The summed E-state index contributed by atoms with van der Waals surface area (Å²) in [6.45, 7) is 0. The molecule has 0 spiro atoms. The van der Waals surface area contributed by atoms with Crippen LogP contribution in [0, 0.1) is 0 Å². The number of methoxy groups -OCH3 is 3. The fourth-order valence-corrected chi connectivity index (χ4v) is 3.52. The molecule has 9 heteroatoms. The number of nitrogens with one attached hydrogen (secondary N) is 2. The van der Waals surface area contributed by atoms with Crippen LogP contribution in [-0.2, 0) is 4.79 Å². The van der Waals surface area contributed by atoms with Crippen LogP contribution in [0.25, 0.3) is 0 Å². The molecule has 3 aromatic carbocycles. The van der Waals surface area contributed by atoms with Crippen molar-refractivity contribution >= 4 is 40.6 Å². The number of halogens is 1. The third-order valence-corrected chi connectivity index (χ3v) is 5.36. The molecule has 0 atom stereocenters. The number of carbonyl (C=O) groups is 3. The maximum atomic E-state index is 12.6. The number of hydrogen-bond donors (Lipinski definition) is 2. The van der Waals surface area contributed by atoms with Gasteiger partial charge in [-0.1, -0.05) is 29.8 Å². The van der Waals surface area contributed by atoms with Crippen molar-refractivity contribution in [3.05, 3.63) is 76.8 Å². The van der Waals surface area contributed by atoms with E-state index in [4.69, 9.17) is 25.8 Å². The summed E-state index contributed by atoms with van der Waals surface area (Å²) < 4.78 is 16.0. The highest BCUT2D eigenvalue weighted by Crippen LogP contribution is 2.37. The van der Waals surface area contributed by atoms with Crippen LogP contribution < -0.4 is 24.8 Å². The van der Waals surface area contributed by atoms with E-state index >= 15 is 0 Å². The molecule has 0 heterocycles. The Labute approximate surface area is 208 Å². The first kappa shape index (κ1) is 25.6. The minimum absolute atomic E-state index is 0.0484. The van der Waals surface area contributed by atoms with Crippen molar-refractivity contribution in [2.75, 3.05) is 32.0 Å². The summed E-state index contributed by atoms with van der Waals surface area (Å²) in [7, 11) is 4.34. The Morgan fingerprint density at radius 3 is 1.94 bits per heavy atom. The lowest BCUT2D eigenvalue weighted by molar-refractivity contribution is -0.116. The maximum absolute atomic E-state index is 12.6. The standard InChI is InChI=1S/C26H25ClN2O6/c1-33-22-11-9-17(27)13-18(22)21(30)10-12-25(31)28-19-14-24(35-3)20(15-23(19)34-2)29-26(32)16-7-5-4-6-8-16/h4-9,11,13-15H,10,12H2,1-3H3,(H,28,31)(H,29,32). The molecule has 0 bridgehead atoms. The van der Waals surface area contributed by atoms with Crippen molar-refractivity contribution in [3.8, 4) is 17.2 Å². The minimum atomic E-state index is -0.402. The number of benzene rings is 3. The van der Waals surface area contributed by atoms with Crippen molar-refractivity contribution < 1.29 is 28.6 Å². The quantitative estimate of drug-likeness (QED) is 0.373. The van der Waals surface area contributed by atoms with E-state index in [0.717, 1.165) is 0 Å². The predicted molar refractivity (Wildman–Crippen MR) is 134 cm³/mol. The van der Waals surface area contributed by atoms with E-state index in [1.54, 1.807) is 48.5 Å². The van der Waals surface area contributed by atoms with Crippen LogP contribution in [0.3, 0.4) is 0 Å². The predicted octanol–water partition coefficient (Wildman–Crippen LogP) is 5.22. The van der Waals surface area contributed by atoms with Gasteiger partial charge < -0.3 is 24.8 Å². The van der Waals surface area contributed by atoms with Gasteiger partial charge in [0.1, 0.15) is 17.2 Å². The molecule has 8 nitrogen and oxygen atoms in total. The number of anilines is 2. The second kappa shape index (κ2) is 11.9. The largest absolute Gasteiger partial charge is 0.496 e. The lowest BCUT2D eigenvalue weighted by Crippen LogP contribution is -2.16. The van der Waals surface area contributed by atoms with E-state index in [9.17, 15) is 14.4 Å². The molecule has 0 aliphatic heterocycles. The summed E-state index contributed by atoms with van der Waals surface area (Å²) in [5.41, 5.74) is 1.50. The highest BCUT2D eigenvalue weighted by molar-refractivity contribution is 6.31. The van der Waals surface area contributed by atoms with Gasteiger partial charge in [-0.3, -0.25) is 14.4 Å². The van der Waals surface area contributed by atoms with Crippen molar-refractivity contribution in [1.82, 2.24) is 0 Å². The molecular weight excluding hydrogens is 472 g/mol. The van der Waals surface area contributed by atoms with E-state index in [2.05, 4.69) is 10.6 Å². The zero-order valence-electron chi connectivity index (χ0n) is 19.5. The Morgan fingerprint density at radius 2 is 1.34 bits per heavy atom. The van der Waals surface area contributed by atoms with Gasteiger partial charge in [-0.25, -0.2) is 0 Å². The SMILES string of the molecule is COc1cc(NC(=O)c2ccccc2)c(OC)cc1NC(=O)CCC(=O)c1cc(Cl)ccc1OC. The van der Waals surface area contributed by atoms with Gasteiger partial charge in [0.25, 0.3) is 5.91 Å². The number of ether oxygens (including phenoxy) is 3. The number of carbonyl (C=O) groups excluding carboxylic acids is 3. The highest BCUT2D eigenvalue weighted by Gasteiger charge is 2.18. The van der Waals surface area contributed by atoms with Crippen molar-refractivity contribution in [1.29, 1.82) is 0 Å². The van der Waals surface area contributed by atoms with Gasteiger partial charge in [0.15, 0.2) is 5.78 Å². The van der Waals surface area contributed by atoms with Gasteiger partial charge in [0.2, 0.25) is 5.91 Å². The highest BCUT2D eigenvalue weighted by atomic mass is 35.5. The molecule has 0 saturated heterocycles. The molecule has 2 amide bonds. The summed E-state index contributed by atoms with van der Waals surface area (Å²) in [5.74, 6) is 0.0244. The van der Waals surface area contributed by atoms with E-state index in [1.165, 1.54) is 27.4 Å². The fraction of sp³-hybridized carbons (Fsp3) is 0.192. The number of hydrogen-bond acceptors (Lipinski definition) is 6. The van der Waals surface area contributed by atoms with Crippen LogP contribution in [-0.4, -0.2) is 38.9 Å². The minimum Gasteiger partial charge on any atom is -0.496 e. The normalized spacial score (nSPS) is 10.3. The Morgan fingerprint density at radius 1 is 0.743 bits per heavy atom. The molecule has 0 aromatic heterocycles. The van der Waals surface area contributed by atoms with Crippen LogP contribution in [0.1, 0.15) is 33.6 Å². The Balaban J connectivity index is 1.71. The van der Waals surface area contributed by atoms with Crippen LogP contribution in [0.2, 0.25) is 5.02 Å². The molecule has 0 aliphatic rings. The molecule has 182 valence electrons. The topological polar surface area (TPSA) is 103 Å². The van der Waals surface area contributed by atoms with Crippen LogP contribution in [0.4, 0.5) is 11.4 Å². The molecular formula is C26H25ClN2O6. The van der Waals surface area contributed by atoms with Crippen LogP contribution >= 0.6 is 11.6 Å². The number of rotatable bonds is 10. The first-order valence-electron chi connectivity index (χ1n) is 10.6. The van der Waals surface area contributed by atoms with Crippen molar-refractivity contribution in [3.63, 3.8) is 0 Å². The monoisotopic (exact) mass is 496 g/mol. The number of Topliss-reactive ketones (excluding diaryl/α,β-unsaturated/α-hetero) is 1. The zero-order valence-corrected chi connectivity index (χ0v) is 20.3. The lowest BCUT2D eigenvalue weighted by Gasteiger charge is -2.16. The van der Waals surface area contributed by atoms with E-state index < -0.39 is 5.91 Å². The molecule has 0 fully saturated rings. The van der Waals surface area contributed by atoms with E-state index in [-0.39, 0.29) is 24.5 Å². The van der Waals surface area contributed by atoms with Gasteiger partial charge in [0.05, 0.1) is 38.3 Å². The van der Waals surface area contributed by atoms with Gasteiger partial charge in [-0.15, -0.1) is 0 Å².